The van der Waals surface area contributed by atoms with Gasteiger partial charge in [0.15, 0.2) is 0 Å². The van der Waals surface area contributed by atoms with Crippen molar-refractivity contribution in [3.63, 3.8) is 0 Å². The summed E-state index contributed by atoms with van der Waals surface area (Å²) in [5, 5.41) is 2.42. The first-order valence-electron chi connectivity index (χ1n) is 7.94. The third-order valence-corrected chi connectivity index (χ3v) is 3.79. The molecule has 5 nitrogen and oxygen atoms in total. The second kappa shape index (κ2) is 7.45. The summed E-state index contributed by atoms with van der Waals surface area (Å²) in [5.41, 5.74) is 0.216. The van der Waals surface area contributed by atoms with Crippen LogP contribution in [-0.2, 0) is 6.18 Å². The number of aromatic nitrogens is 2. The van der Waals surface area contributed by atoms with E-state index in [-0.39, 0.29) is 11.3 Å². The first-order valence-corrected chi connectivity index (χ1v) is 7.94. The van der Waals surface area contributed by atoms with Crippen LogP contribution in [0, 0.1) is 0 Å². The molecule has 27 heavy (non-hydrogen) atoms. The number of nitrogens with one attached hydrogen (secondary N) is 1. The maximum atomic E-state index is 12.8. The van der Waals surface area contributed by atoms with E-state index < -0.39 is 17.6 Å². The molecule has 0 unspecified atom stereocenters. The Morgan fingerprint density at radius 2 is 1.67 bits per heavy atom. The van der Waals surface area contributed by atoms with E-state index in [1.165, 1.54) is 24.5 Å². The summed E-state index contributed by atoms with van der Waals surface area (Å²) in [7, 11) is 1.78. The van der Waals surface area contributed by atoms with Crippen molar-refractivity contribution in [2.24, 2.45) is 0 Å². The molecule has 138 valence electrons. The van der Waals surface area contributed by atoms with Crippen molar-refractivity contribution in [1.29, 1.82) is 0 Å². The maximum Gasteiger partial charge on any atom is 0.416 e. The standard InChI is InChI=1S/C19H15F3N4O/c1-26(16-8-3-2-4-9-16)18-23-11-13(12-24-18)17(27)25-15-7-5-6-14(10-15)19(20,21)22/h2-12H,1H3,(H,25,27). The van der Waals surface area contributed by atoms with Gasteiger partial charge in [-0.05, 0) is 30.3 Å². The summed E-state index contributed by atoms with van der Waals surface area (Å²) in [5.74, 6) is -0.208. The van der Waals surface area contributed by atoms with Crippen LogP contribution in [0.15, 0.2) is 67.0 Å². The molecule has 1 heterocycles. The van der Waals surface area contributed by atoms with Crippen LogP contribution in [0.1, 0.15) is 15.9 Å². The molecule has 2 aromatic carbocycles. The van der Waals surface area contributed by atoms with Gasteiger partial charge in [-0.3, -0.25) is 4.79 Å². The van der Waals surface area contributed by atoms with Gasteiger partial charge in [-0.1, -0.05) is 24.3 Å². The highest BCUT2D eigenvalue weighted by atomic mass is 19.4. The molecule has 0 aliphatic heterocycles. The molecule has 8 heteroatoms. The number of amides is 1. The van der Waals surface area contributed by atoms with Gasteiger partial charge < -0.3 is 10.2 Å². The number of anilines is 3. The zero-order valence-corrected chi connectivity index (χ0v) is 14.2. The van der Waals surface area contributed by atoms with Gasteiger partial charge >= 0.3 is 6.18 Å². The minimum atomic E-state index is -4.48. The van der Waals surface area contributed by atoms with Gasteiger partial charge in [-0.15, -0.1) is 0 Å². The predicted octanol–water partition coefficient (Wildman–Crippen LogP) is 4.52. The minimum Gasteiger partial charge on any atom is -0.322 e. The Labute approximate surface area is 153 Å². The molecule has 0 spiro atoms. The highest BCUT2D eigenvalue weighted by Gasteiger charge is 2.30. The number of alkyl halides is 3. The van der Waals surface area contributed by atoms with Crippen molar-refractivity contribution < 1.29 is 18.0 Å². The van der Waals surface area contributed by atoms with Gasteiger partial charge in [0, 0.05) is 30.8 Å². The van der Waals surface area contributed by atoms with Crippen LogP contribution in [0.2, 0.25) is 0 Å². The smallest absolute Gasteiger partial charge is 0.322 e. The summed E-state index contributed by atoms with van der Waals surface area (Å²) < 4.78 is 38.3. The van der Waals surface area contributed by atoms with Crippen LogP contribution in [-0.4, -0.2) is 22.9 Å². The number of nitrogens with zero attached hydrogens (tertiary/aromatic N) is 3. The van der Waals surface area contributed by atoms with Crippen LogP contribution in [0.3, 0.4) is 0 Å². The second-order valence-electron chi connectivity index (χ2n) is 5.70. The molecule has 0 radical (unpaired) electrons. The van der Waals surface area contributed by atoms with Crippen LogP contribution < -0.4 is 10.2 Å². The van der Waals surface area contributed by atoms with E-state index in [1.807, 2.05) is 30.3 Å². The summed E-state index contributed by atoms with van der Waals surface area (Å²) >= 11 is 0. The Morgan fingerprint density at radius 3 is 2.30 bits per heavy atom. The Balaban J connectivity index is 1.73. The second-order valence-corrected chi connectivity index (χ2v) is 5.70. The van der Waals surface area contributed by atoms with Crippen molar-refractivity contribution in [2.75, 3.05) is 17.3 Å². The number of halogens is 3. The number of hydrogen-bond donors (Lipinski definition) is 1. The Kier molecular flexibility index (Phi) is 5.07. The monoisotopic (exact) mass is 372 g/mol. The van der Waals surface area contributed by atoms with Crippen LogP contribution >= 0.6 is 0 Å². The molecule has 0 bridgehead atoms. The zero-order chi connectivity index (χ0) is 19.4. The van der Waals surface area contributed by atoms with E-state index in [4.69, 9.17) is 0 Å². The lowest BCUT2D eigenvalue weighted by Crippen LogP contribution is -2.16. The fourth-order valence-electron chi connectivity index (χ4n) is 2.36. The number of benzene rings is 2. The Morgan fingerprint density at radius 1 is 1.00 bits per heavy atom. The number of carbonyl (C=O) groups is 1. The van der Waals surface area contributed by atoms with E-state index in [1.54, 1.807) is 11.9 Å². The molecule has 0 aliphatic carbocycles. The van der Waals surface area contributed by atoms with Gasteiger partial charge in [0.05, 0.1) is 11.1 Å². The molecule has 1 N–H and O–H groups in total. The Bertz CT molecular complexity index is 928. The molecular formula is C19H15F3N4O. The molecule has 1 amide bonds. The maximum absolute atomic E-state index is 12.8. The average Bonchev–Trinajstić information content (AvgIpc) is 2.68. The van der Waals surface area contributed by atoms with Crippen molar-refractivity contribution in [3.05, 3.63) is 78.1 Å². The number of para-hydroxylation sites is 1. The Hall–Kier alpha value is -3.42. The first-order chi connectivity index (χ1) is 12.8. The molecule has 0 saturated heterocycles. The zero-order valence-electron chi connectivity index (χ0n) is 14.2. The van der Waals surface area contributed by atoms with Gasteiger partial charge in [-0.25, -0.2) is 9.97 Å². The van der Waals surface area contributed by atoms with Crippen molar-refractivity contribution >= 4 is 23.2 Å². The van der Waals surface area contributed by atoms with Gasteiger partial charge in [0.2, 0.25) is 5.95 Å². The minimum absolute atomic E-state index is 0.0419. The molecule has 3 aromatic rings. The molecule has 3 rings (SSSR count). The topological polar surface area (TPSA) is 58.1 Å². The van der Waals surface area contributed by atoms with E-state index in [2.05, 4.69) is 15.3 Å². The molecule has 0 fully saturated rings. The normalized spacial score (nSPS) is 11.1. The van der Waals surface area contributed by atoms with Gasteiger partial charge in [0.1, 0.15) is 0 Å². The lowest BCUT2D eigenvalue weighted by molar-refractivity contribution is -0.137. The molecule has 0 saturated carbocycles. The van der Waals surface area contributed by atoms with Crippen LogP contribution in [0.4, 0.5) is 30.5 Å². The summed E-state index contributed by atoms with van der Waals surface area (Å²) in [4.78, 5) is 22.3. The fourth-order valence-corrected chi connectivity index (χ4v) is 2.36. The van der Waals surface area contributed by atoms with E-state index in [0.717, 1.165) is 17.8 Å². The SMILES string of the molecule is CN(c1ccccc1)c1ncc(C(=O)Nc2cccc(C(F)(F)F)c2)cn1. The number of hydrogen-bond acceptors (Lipinski definition) is 4. The van der Waals surface area contributed by atoms with Crippen molar-refractivity contribution in [2.45, 2.75) is 6.18 Å². The summed E-state index contributed by atoms with van der Waals surface area (Å²) in [6.07, 6.45) is -1.83. The van der Waals surface area contributed by atoms with E-state index >= 15 is 0 Å². The van der Waals surface area contributed by atoms with E-state index in [9.17, 15) is 18.0 Å². The number of carbonyl (C=O) groups excluding carboxylic acids is 1. The quantitative estimate of drug-likeness (QED) is 0.732. The summed E-state index contributed by atoms with van der Waals surface area (Å²) in [6, 6.07) is 13.8. The molecule has 1 aromatic heterocycles. The molecule has 0 atom stereocenters. The highest BCUT2D eigenvalue weighted by molar-refractivity contribution is 6.03. The lowest BCUT2D eigenvalue weighted by Gasteiger charge is -2.16. The fraction of sp³-hybridized carbons (Fsp3) is 0.105. The van der Waals surface area contributed by atoms with Gasteiger partial charge in [-0.2, -0.15) is 13.2 Å². The third kappa shape index (κ3) is 4.41. The number of rotatable bonds is 4. The van der Waals surface area contributed by atoms with Crippen LogP contribution in [0.25, 0.3) is 0 Å². The van der Waals surface area contributed by atoms with E-state index in [0.29, 0.717) is 5.95 Å². The van der Waals surface area contributed by atoms with Crippen molar-refractivity contribution in [3.8, 4) is 0 Å². The first kappa shape index (κ1) is 18.4. The predicted molar refractivity (Wildman–Crippen MR) is 95.9 cm³/mol. The summed E-state index contributed by atoms with van der Waals surface area (Å²) in [6.45, 7) is 0. The molecular weight excluding hydrogens is 357 g/mol. The van der Waals surface area contributed by atoms with Crippen molar-refractivity contribution in [1.82, 2.24) is 9.97 Å². The van der Waals surface area contributed by atoms with Gasteiger partial charge in [0.25, 0.3) is 5.91 Å². The average molecular weight is 372 g/mol. The van der Waals surface area contributed by atoms with Crippen LogP contribution in [0.5, 0.6) is 0 Å². The lowest BCUT2D eigenvalue weighted by atomic mass is 10.2. The third-order valence-electron chi connectivity index (χ3n) is 3.79. The molecule has 0 aliphatic rings. The largest absolute Gasteiger partial charge is 0.416 e. The highest BCUT2D eigenvalue weighted by Crippen LogP contribution is 2.30.